The summed E-state index contributed by atoms with van der Waals surface area (Å²) in [7, 11) is 0. The summed E-state index contributed by atoms with van der Waals surface area (Å²) in [5.41, 5.74) is 4.76. The predicted octanol–water partition coefficient (Wildman–Crippen LogP) is 3.66. The molecule has 5 rings (SSSR count). The van der Waals surface area contributed by atoms with Gasteiger partial charge < -0.3 is 24.7 Å². The van der Waals surface area contributed by atoms with Gasteiger partial charge in [-0.3, -0.25) is 4.90 Å². The molecule has 0 aromatic carbocycles. The number of rotatable bonds is 3. The number of nitrogens with zero attached hydrogens (tertiary/aromatic N) is 5. The Morgan fingerprint density at radius 3 is 2.80 bits per heavy atom. The van der Waals surface area contributed by atoms with E-state index in [0.717, 1.165) is 23.9 Å². The van der Waals surface area contributed by atoms with E-state index in [1.54, 1.807) is 20.8 Å². The summed E-state index contributed by atoms with van der Waals surface area (Å²) < 4.78 is 44.1. The predicted molar refractivity (Wildman–Crippen MR) is 126 cm³/mol. The van der Waals surface area contributed by atoms with Gasteiger partial charge in [0, 0.05) is 38.8 Å². The summed E-state index contributed by atoms with van der Waals surface area (Å²) in [5.74, 6) is -2.40. The summed E-state index contributed by atoms with van der Waals surface area (Å²) in [6.07, 6.45) is 4.22. The maximum Gasteiger partial charge on any atom is 0.410 e. The van der Waals surface area contributed by atoms with Gasteiger partial charge in [-0.1, -0.05) is 0 Å². The molecule has 0 bridgehead atoms. The van der Waals surface area contributed by atoms with Crippen LogP contribution in [0.1, 0.15) is 52.7 Å². The number of carbonyl (C=O) groups is 1. The number of nitrogen functional groups attached to an aromatic ring is 1. The molecule has 1 spiro atoms. The molecule has 0 saturated carbocycles. The number of likely N-dealkylation sites (tertiary alicyclic amines) is 2. The van der Waals surface area contributed by atoms with Gasteiger partial charge >= 0.3 is 6.09 Å². The summed E-state index contributed by atoms with van der Waals surface area (Å²) in [5, 5.41) is 0.787. The number of amides is 1. The van der Waals surface area contributed by atoms with E-state index in [4.69, 9.17) is 15.2 Å². The number of nitrogens with two attached hydrogens (primary N) is 1. The second kappa shape index (κ2) is 8.55. The highest BCUT2D eigenvalue weighted by Crippen LogP contribution is 2.50. The highest BCUT2D eigenvalue weighted by atomic mass is 19.3. The van der Waals surface area contributed by atoms with E-state index in [2.05, 4.69) is 14.9 Å². The number of hydrogen-bond acceptors (Lipinski definition) is 7. The zero-order chi connectivity index (χ0) is 25.0. The molecule has 192 valence electrons. The van der Waals surface area contributed by atoms with Gasteiger partial charge in [0.25, 0.3) is 5.92 Å². The third-order valence-corrected chi connectivity index (χ3v) is 7.45. The van der Waals surface area contributed by atoms with E-state index in [9.17, 15) is 4.79 Å². The third kappa shape index (κ3) is 4.55. The first-order valence-electron chi connectivity index (χ1n) is 12.3. The largest absolute Gasteiger partial charge is 0.444 e. The number of alkyl halides is 2. The minimum absolute atomic E-state index is 0.00990. The number of piperidine rings is 1. The standard InChI is InChI=1S/C24H34F2N6O3/c1-22(2,3)35-21(33)31-11-8-24(25,26)23(14-31)7-10-30(13-23)12-16-4-5-18(34-16)32-9-6-17-19(27)28-15-29-20(17)32/h6,9,15-16,18H,4-5,7-8,10-14H2,1-3H3,(H2,27,28,29). The van der Waals surface area contributed by atoms with Crippen LogP contribution in [0.25, 0.3) is 11.0 Å². The van der Waals surface area contributed by atoms with Gasteiger partial charge in [0.1, 0.15) is 29.6 Å². The van der Waals surface area contributed by atoms with Crippen molar-refractivity contribution in [2.24, 2.45) is 5.41 Å². The van der Waals surface area contributed by atoms with Gasteiger partial charge in [0.05, 0.1) is 16.9 Å². The number of anilines is 1. The number of ether oxygens (including phenoxy) is 2. The van der Waals surface area contributed by atoms with Crippen LogP contribution in [-0.2, 0) is 9.47 Å². The van der Waals surface area contributed by atoms with E-state index in [0.29, 0.717) is 25.3 Å². The van der Waals surface area contributed by atoms with Crippen LogP contribution in [0.4, 0.5) is 19.4 Å². The van der Waals surface area contributed by atoms with E-state index < -0.39 is 23.0 Å². The smallest absolute Gasteiger partial charge is 0.410 e. The minimum atomic E-state index is -2.83. The molecule has 3 fully saturated rings. The van der Waals surface area contributed by atoms with Crippen molar-refractivity contribution in [3.63, 3.8) is 0 Å². The second-order valence-corrected chi connectivity index (χ2v) is 11.1. The maximum absolute atomic E-state index is 15.2. The lowest BCUT2D eigenvalue weighted by Crippen LogP contribution is -2.58. The van der Waals surface area contributed by atoms with Crippen molar-refractivity contribution in [2.75, 3.05) is 38.5 Å². The molecule has 2 N–H and O–H groups in total. The first-order chi connectivity index (χ1) is 16.5. The number of fused-ring (bicyclic) bond motifs is 1. The quantitative estimate of drug-likeness (QED) is 0.698. The minimum Gasteiger partial charge on any atom is -0.444 e. The molecule has 2 aromatic heterocycles. The Hall–Kier alpha value is -2.53. The van der Waals surface area contributed by atoms with Crippen LogP contribution in [0.15, 0.2) is 18.6 Å². The average Bonchev–Trinajstić information content (AvgIpc) is 3.49. The lowest BCUT2D eigenvalue weighted by atomic mass is 9.75. The molecule has 11 heteroatoms. The zero-order valence-corrected chi connectivity index (χ0v) is 20.5. The van der Waals surface area contributed by atoms with Gasteiger partial charge in [-0.25, -0.2) is 23.5 Å². The van der Waals surface area contributed by atoms with Crippen LogP contribution < -0.4 is 5.73 Å². The molecule has 0 radical (unpaired) electrons. The molecule has 0 aliphatic carbocycles. The molecular formula is C24H34F2N6O3. The molecule has 3 aliphatic heterocycles. The Morgan fingerprint density at radius 1 is 1.23 bits per heavy atom. The Balaban J connectivity index is 1.22. The van der Waals surface area contributed by atoms with Gasteiger partial charge in [-0.2, -0.15) is 0 Å². The van der Waals surface area contributed by atoms with Crippen LogP contribution in [-0.4, -0.2) is 80.8 Å². The van der Waals surface area contributed by atoms with Crippen molar-refractivity contribution in [3.05, 3.63) is 18.6 Å². The van der Waals surface area contributed by atoms with Crippen molar-refractivity contribution in [2.45, 2.75) is 70.3 Å². The summed E-state index contributed by atoms with van der Waals surface area (Å²) in [6.45, 7) is 6.74. The topological polar surface area (TPSA) is 98.7 Å². The second-order valence-electron chi connectivity index (χ2n) is 11.1. The number of hydrogen-bond donors (Lipinski definition) is 1. The van der Waals surface area contributed by atoms with Crippen molar-refractivity contribution in [1.82, 2.24) is 24.3 Å². The van der Waals surface area contributed by atoms with E-state index in [1.807, 2.05) is 16.8 Å². The van der Waals surface area contributed by atoms with Crippen LogP contribution >= 0.6 is 0 Å². The Labute approximate surface area is 203 Å². The van der Waals surface area contributed by atoms with E-state index in [1.165, 1.54) is 11.2 Å². The Kier molecular flexibility index (Phi) is 5.90. The lowest BCUT2D eigenvalue weighted by Gasteiger charge is -2.46. The zero-order valence-electron chi connectivity index (χ0n) is 20.5. The third-order valence-electron chi connectivity index (χ3n) is 7.45. The fourth-order valence-electron chi connectivity index (χ4n) is 5.66. The van der Waals surface area contributed by atoms with Gasteiger partial charge in [-0.05, 0) is 52.6 Å². The van der Waals surface area contributed by atoms with Gasteiger partial charge in [-0.15, -0.1) is 0 Å². The van der Waals surface area contributed by atoms with E-state index >= 15 is 8.78 Å². The highest BCUT2D eigenvalue weighted by Gasteiger charge is 2.60. The SMILES string of the molecule is CC(C)(C)OC(=O)N1CCC(F)(F)C2(CCN(CC3CCC(n4ccc5c(N)ncnc54)O3)C2)C1. The van der Waals surface area contributed by atoms with Crippen molar-refractivity contribution in [1.29, 1.82) is 0 Å². The summed E-state index contributed by atoms with van der Waals surface area (Å²) in [4.78, 5) is 24.5. The van der Waals surface area contributed by atoms with Gasteiger partial charge in [0.15, 0.2) is 0 Å². The van der Waals surface area contributed by atoms with Crippen molar-refractivity contribution < 1.29 is 23.0 Å². The fraction of sp³-hybridized carbons (Fsp3) is 0.708. The molecule has 35 heavy (non-hydrogen) atoms. The van der Waals surface area contributed by atoms with Crippen LogP contribution in [0.3, 0.4) is 0 Å². The van der Waals surface area contributed by atoms with Crippen LogP contribution in [0, 0.1) is 5.41 Å². The fourth-order valence-corrected chi connectivity index (χ4v) is 5.66. The number of aromatic nitrogens is 3. The number of halogens is 2. The van der Waals surface area contributed by atoms with Crippen molar-refractivity contribution in [3.8, 4) is 0 Å². The molecule has 9 nitrogen and oxygen atoms in total. The monoisotopic (exact) mass is 492 g/mol. The molecule has 1 amide bonds. The van der Waals surface area contributed by atoms with Crippen LogP contribution in [0.2, 0.25) is 0 Å². The normalized spacial score (nSPS) is 29.3. The molecule has 5 heterocycles. The number of carbonyl (C=O) groups excluding carboxylic acids is 1. The molecule has 3 atom stereocenters. The molecule has 3 aliphatic rings. The Bertz CT molecular complexity index is 1100. The highest BCUT2D eigenvalue weighted by molar-refractivity contribution is 5.86. The van der Waals surface area contributed by atoms with Crippen molar-refractivity contribution >= 4 is 22.9 Å². The van der Waals surface area contributed by atoms with Gasteiger partial charge in [0.2, 0.25) is 0 Å². The molecular weight excluding hydrogens is 458 g/mol. The molecule has 3 saturated heterocycles. The first kappa shape index (κ1) is 24.2. The maximum atomic E-state index is 15.2. The molecule has 3 unspecified atom stereocenters. The first-order valence-corrected chi connectivity index (χ1v) is 12.3. The summed E-state index contributed by atoms with van der Waals surface area (Å²) in [6, 6.07) is 1.88. The Morgan fingerprint density at radius 2 is 2.03 bits per heavy atom. The lowest BCUT2D eigenvalue weighted by molar-refractivity contribution is -0.159. The van der Waals surface area contributed by atoms with E-state index in [-0.39, 0.29) is 38.4 Å². The summed E-state index contributed by atoms with van der Waals surface area (Å²) >= 11 is 0. The average molecular weight is 493 g/mol. The van der Waals surface area contributed by atoms with Crippen LogP contribution in [0.5, 0.6) is 0 Å². The molecule has 2 aromatic rings.